The van der Waals surface area contributed by atoms with Crippen LogP contribution >= 0.6 is 11.8 Å². The molecule has 1 aromatic heterocycles. The predicted molar refractivity (Wildman–Crippen MR) is 90.4 cm³/mol. The maximum atomic E-state index is 14.6. The summed E-state index contributed by atoms with van der Waals surface area (Å²) in [5.74, 6) is -3.12. The van der Waals surface area contributed by atoms with Gasteiger partial charge in [-0.2, -0.15) is 9.65 Å². The lowest BCUT2D eigenvalue weighted by Crippen LogP contribution is -1.99. The number of thioether (sulfide) groups is 1. The molecular formula is C18H13F3N2OS. The van der Waals surface area contributed by atoms with Crippen molar-refractivity contribution in [2.45, 2.75) is 24.0 Å². The van der Waals surface area contributed by atoms with Crippen molar-refractivity contribution >= 4 is 22.7 Å². The first kappa shape index (κ1) is 17.2. The van der Waals surface area contributed by atoms with Gasteiger partial charge in [-0.05, 0) is 18.2 Å². The quantitative estimate of drug-likeness (QED) is 0.601. The lowest BCUT2D eigenvalue weighted by Gasteiger charge is -2.15. The summed E-state index contributed by atoms with van der Waals surface area (Å²) >= 11 is 1.32. The Morgan fingerprint density at radius 2 is 1.92 bits per heavy atom. The molecule has 3 nitrogen and oxygen atoms in total. The van der Waals surface area contributed by atoms with Gasteiger partial charge in [0.1, 0.15) is 17.6 Å². The number of aromatic amines is 1. The highest BCUT2D eigenvalue weighted by atomic mass is 32.2. The van der Waals surface area contributed by atoms with E-state index in [2.05, 4.69) is 4.98 Å². The second-order valence-electron chi connectivity index (χ2n) is 5.57. The fourth-order valence-electron chi connectivity index (χ4n) is 2.39. The summed E-state index contributed by atoms with van der Waals surface area (Å²) in [6.07, 6.45) is 1.52. The van der Waals surface area contributed by atoms with Crippen LogP contribution in [0.2, 0.25) is 0 Å². The molecule has 0 fully saturated rings. The Kier molecular flexibility index (Phi) is 4.64. The lowest BCUT2D eigenvalue weighted by molar-refractivity contribution is 0.409. The van der Waals surface area contributed by atoms with Gasteiger partial charge in [-0.25, -0.2) is 8.78 Å². The van der Waals surface area contributed by atoms with Gasteiger partial charge in [-0.3, -0.25) is 0 Å². The molecule has 1 heterocycles. The summed E-state index contributed by atoms with van der Waals surface area (Å²) < 4.78 is 47.9. The molecule has 3 rings (SSSR count). The zero-order valence-electron chi connectivity index (χ0n) is 13.4. The van der Waals surface area contributed by atoms with Crippen molar-refractivity contribution in [1.29, 1.82) is 5.26 Å². The van der Waals surface area contributed by atoms with Crippen LogP contribution in [-0.2, 0) is 0 Å². The fraction of sp³-hybridized carbons (Fsp3) is 0.167. The van der Waals surface area contributed by atoms with E-state index in [0.717, 1.165) is 12.1 Å². The molecule has 128 valence electrons. The number of rotatable bonds is 4. The molecule has 0 spiro atoms. The highest BCUT2D eigenvalue weighted by Crippen LogP contribution is 2.43. The van der Waals surface area contributed by atoms with Crippen LogP contribution in [-0.4, -0.2) is 10.2 Å². The van der Waals surface area contributed by atoms with Crippen LogP contribution in [0.3, 0.4) is 0 Å². The molecule has 0 atom stereocenters. The molecule has 0 unspecified atom stereocenters. The van der Waals surface area contributed by atoms with Gasteiger partial charge in [-0.15, -0.1) is 11.8 Å². The molecule has 0 radical (unpaired) electrons. The number of nitrogens with one attached hydrogen (secondary N) is 1. The Bertz CT molecular complexity index is 992. The van der Waals surface area contributed by atoms with Crippen LogP contribution in [0, 0.1) is 28.8 Å². The van der Waals surface area contributed by atoms with Crippen molar-refractivity contribution in [1.82, 2.24) is 4.98 Å². The highest BCUT2D eigenvalue weighted by molar-refractivity contribution is 8.00. The van der Waals surface area contributed by atoms with Crippen molar-refractivity contribution in [2.75, 3.05) is 0 Å². The molecule has 0 saturated carbocycles. The van der Waals surface area contributed by atoms with Gasteiger partial charge < -0.3 is 9.72 Å². The average Bonchev–Trinajstić information content (AvgIpc) is 3.06. The van der Waals surface area contributed by atoms with Gasteiger partial charge in [-0.1, -0.05) is 13.8 Å². The van der Waals surface area contributed by atoms with E-state index >= 15 is 0 Å². The number of nitriles is 1. The molecule has 0 saturated heterocycles. The largest absolute Gasteiger partial charge is 0.453 e. The normalized spacial score (nSPS) is 11.1. The average molecular weight is 362 g/mol. The van der Waals surface area contributed by atoms with E-state index in [1.807, 2.05) is 13.8 Å². The monoisotopic (exact) mass is 362 g/mol. The summed E-state index contributed by atoms with van der Waals surface area (Å²) in [6, 6.07) is 6.79. The molecular weight excluding hydrogens is 349 g/mol. The smallest absolute Gasteiger partial charge is 0.204 e. The Balaban J connectivity index is 2.17. The molecule has 0 amide bonds. The van der Waals surface area contributed by atoms with E-state index < -0.39 is 17.5 Å². The molecule has 0 aliphatic carbocycles. The van der Waals surface area contributed by atoms with Crippen LogP contribution in [0.4, 0.5) is 13.2 Å². The zero-order chi connectivity index (χ0) is 18.1. The second kappa shape index (κ2) is 6.73. The molecule has 0 aliphatic rings. The Morgan fingerprint density at radius 1 is 1.16 bits per heavy atom. The number of hydrogen-bond acceptors (Lipinski definition) is 3. The first-order valence-corrected chi connectivity index (χ1v) is 8.32. The highest BCUT2D eigenvalue weighted by Gasteiger charge is 2.24. The standard InChI is InChI=1S/C18H13F3N2OS/c1-9(2)25-18-12-5-6-23-16(12)14(20)15(21)17(18)24-11-3-4-13(19)10(7-11)8-22/h3-7,9,23H,1-2H3. The van der Waals surface area contributed by atoms with E-state index in [0.29, 0.717) is 10.3 Å². The van der Waals surface area contributed by atoms with Crippen LogP contribution in [0.15, 0.2) is 35.4 Å². The molecule has 25 heavy (non-hydrogen) atoms. The van der Waals surface area contributed by atoms with Crippen molar-refractivity contribution in [3.8, 4) is 17.6 Å². The van der Waals surface area contributed by atoms with Crippen molar-refractivity contribution in [3.05, 3.63) is 53.5 Å². The minimum atomic E-state index is -1.14. The Morgan fingerprint density at radius 3 is 2.60 bits per heavy atom. The first-order chi connectivity index (χ1) is 11.9. The molecule has 0 aliphatic heterocycles. The molecule has 3 aromatic rings. The number of H-pyrrole nitrogens is 1. The lowest BCUT2D eigenvalue weighted by atomic mass is 10.2. The maximum absolute atomic E-state index is 14.6. The van der Waals surface area contributed by atoms with Gasteiger partial charge in [0.2, 0.25) is 5.82 Å². The van der Waals surface area contributed by atoms with E-state index in [1.54, 1.807) is 12.1 Å². The van der Waals surface area contributed by atoms with Gasteiger partial charge in [0.25, 0.3) is 0 Å². The number of ether oxygens (including phenoxy) is 1. The van der Waals surface area contributed by atoms with Crippen LogP contribution in [0.5, 0.6) is 11.5 Å². The molecule has 0 bridgehead atoms. The van der Waals surface area contributed by atoms with Gasteiger partial charge >= 0.3 is 0 Å². The van der Waals surface area contributed by atoms with Crippen molar-refractivity contribution in [3.63, 3.8) is 0 Å². The van der Waals surface area contributed by atoms with Crippen LogP contribution in [0.25, 0.3) is 10.9 Å². The first-order valence-electron chi connectivity index (χ1n) is 7.44. The van der Waals surface area contributed by atoms with Crippen LogP contribution in [0.1, 0.15) is 19.4 Å². The van der Waals surface area contributed by atoms with Crippen molar-refractivity contribution < 1.29 is 17.9 Å². The third kappa shape index (κ3) is 3.17. The Hall–Kier alpha value is -2.59. The number of nitrogens with zero attached hydrogens (tertiary/aromatic N) is 1. The minimum absolute atomic E-state index is 0.0525. The van der Waals surface area contributed by atoms with Gasteiger partial charge in [0.15, 0.2) is 11.6 Å². The van der Waals surface area contributed by atoms with E-state index in [9.17, 15) is 13.2 Å². The Labute approximate surface area is 146 Å². The SMILES string of the molecule is CC(C)Sc1c(Oc2ccc(F)c(C#N)c2)c(F)c(F)c2[nH]ccc12. The third-order valence-electron chi connectivity index (χ3n) is 3.44. The second-order valence-corrected chi connectivity index (χ2v) is 7.16. The molecule has 2 aromatic carbocycles. The number of aromatic nitrogens is 1. The zero-order valence-corrected chi connectivity index (χ0v) is 14.2. The summed E-state index contributed by atoms with van der Waals surface area (Å²) in [5.41, 5.74) is -0.177. The topological polar surface area (TPSA) is 48.8 Å². The fourth-order valence-corrected chi connectivity index (χ4v) is 3.39. The number of halogens is 3. The van der Waals surface area contributed by atoms with Crippen LogP contribution < -0.4 is 4.74 Å². The maximum Gasteiger partial charge on any atom is 0.204 e. The third-order valence-corrected chi connectivity index (χ3v) is 4.55. The van der Waals surface area contributed by atoms with Crippen molar-refractivity contribution in [2.24, 2.45) is 0 Å². The van der Waals surface area contributed by atoms with Gasteiger partial charge in [0.05, 0.1) is 16.0 Å². The summed E-state index contributed by atoms with van der Waals surface area (Å²) in [4.78, 5) is 3.12. The van der Waals surface area contributed by atoms with E-state index in [1.165, 1.54) is 24.0 Å². The summed E-state index contributed by atoms with van der Waals surface area (Å²) in [7, 11) is 0. The predicted octanol–water partition coefficient (Wildman–Crippen LogP) is 5.75. The number of fused-ring (bicyclic) bond motifs is 1. The number of hydrogen-bond donors (Lipinski definition) is 1. The van der Waals surface area contributed by atoms with E-state index in [4.69, 9.17) is 10.00 Å². The molecule has 7 heteroatoms. The van der Waals surface area contributed by atoms with E-state index in [-0.39, 0.29) is 27.8 Å². The summed E-state index contributed by atoms with van der Waals surface area (Å²) in [6.45, 7) is 3.83. The molecule has 1 N–H and O–H groups in total. The van der Waals surface area contributed by atoms with Gasteiger partial charge in [0, 0.05) is 22.9 Å². The summed E-state index contributed by atoms with van der Waals surface area (Å²) in [5, 5.41) is 9.49. The number of benzene rings is 2. The minimum Gasteiger partial charge on any atom is -0.453 e.